The normalized spacial score (nSPS) is 14.7. The van der Waals surface area contributed by atoms with Gasteiger partial charge in [-0.15, -0.1) is 0 Å². The van der Waals surface area contributed by atoms with Crippen LogP contribution < -0.4 is 0 Å². The second kappa shape index (κ2) is 87.7. The van der Waals surface area contributed by atoms with E-state index in [0.717, 1.165) is 218 Å². The van der Waals surface area contributed by atoms with E-state index in [-0.39, 0.29) is 19.3 Å². The summed E-state index contributed by atoms with van der Waals surface area (Å²) in [6.07, 6.45) is 116. The van der Waals surface area contributed by atoms with Crippen molar-refractivity contribution in [2.24, 2.45) is 0 Å². The summed E-state index contributed by atoms with van der Waals surface area (Å²) in [5, 5.41) is 20.7. The molecule has 0 radical (unpaired) electrons. The Bertz CT molecular complexity index is 2870. The van der Waals surface area contributed by atoms with Gasteiger partial charge in [-0.25, -0.2) is 9.13 Å². The average Bonchev–Trinajstić information content (AvgIpc) is 0.906. The Morgan fingerprint density at radius 2 is 0.461 bits per heavy atom. The molecule has 0 aliphatic rings. The van der Waals surface area contributed by atoms with Gasteiger partial charge in [-0.05, 0) is 167 Å². The number of carbonyl (C=O) groups is 3. The van der Waals surface area contributed by atoms with Gasteiger partial charge >= 0.3 is 33.6 Å². The van der Waals surface area contributed by atoms with Crippen LogP contribution in [0.1, 0.15) is 342 Å². The summed E-state index contributed by atoms with van der Waals surface area (Å²) in [4.78, 5) is 59.0. The van der Waals surface area contributed by atoms with Crippen molar-refractivity contribution >= 4 is 33.6 Å². The first-order valence-corrected chi connectivity index (χ1v) is 47.7. The molecule has 0 spiro atoms. The number of esters is 3. The van der Waals surface area contributed by atoms with Crippen LogP contribution in [0, 0.1) is 0 Å². The summed E-state index contributed by atoms with van der Waals surface area (Å²) in [7, 11) is -9.83. The maximum absolute atomic E-state index is 13.1. The first kappa shape index (κ1) is 109. The zero-order chi connectivity index (χ0) is 83.6. The molecule has 0 fully saturated rings. The number of aliphatic hydroxyl groups excluding tert-OH is 2. The predicted octanol–water partition coefficient (Wildman–Crippen LogP) is 27.4. The minimum absolute atomic E-state index is 0.0835. The van der Waals surface area contributed by atoms with Crippen molar-refractivity contribution in [2.75, 3.05) is 39.6 Å². The van der Waals surface area contributed by atoms with Gasteiger partial charge in [0.2, 0.25) is 0 Å². The van der Waals surface area contributed by atoms with Crippen molar-refractivity contribution in [3.63, 3.8) is 0 Å². The highest BCUT2D eigenvalue weighted by Gasteiger charge is 2.29. The highest BCUT2D eigenvalue weighted by molar-refractivity contribution is 7.47. The van der Waals surface area contributed by atoms with Gasteiger partial charge in [0.15, 0.2) is 6.10 Å². The molecule has 0 aromatic rings. The molecular weight excluding hydrogens is 1480 g/mol. The Morgan fingerprint density at radius 3 is 0.730 bits per heavy atom. The van der Waals surface area contributed by atoms with Crippen molar-refractivity contribution in [2.45, 2.75) is 360 Å². The van der Waals surface area contributed by atoms with E-state index >= 15 is 0 Å². The number of allylic oxidation sites excluding steroid dienone is 32. The summed E-state index contributed by atoms with van der Waals surface area (Å²) in [6, 6.07) is 0. The Labute approximate surface area is 699 Å². The average molecular weight is 1640 g/mol. The Hall–Kier alpha value is -5.61. The molecule has 0 saturated heterocycles. The van der Waals surface area contributed by atoms with E-state index in [9.17, 15) is 43.5 Å². The van der Waals surface area contributed by atoms with Crippen LogP contribution >= 0.6 is 15.6 Å². The lowest BCUT2D eigenvalue weighted by molar-refractivity contribution is -0.161. The van der Waals surface area contributed by atoms with Crippen LogP contribution in [0.25, 0.3) is 0 Å². The third-order valence-corrected chi connectivity index (χ3v) is 20.2. The van der Waals surface area contributed by atoms with Gasteiger partial charge in [0, 0.05) is 19.3 Å². The highest BCUT2D eigenvalue weighted by Crippen LogP contribution is 2.45. The lowest BCUT2D eigenvalue weighted by atomic mass is 10.1. The van der Waals surface area contributed by atoms with Crippen LogP contribution in [0.4, 0.5) is 0 Å². The fraction of sp³-hybridized carbons (Fsp3) is 0.639. The first-order chi connectivity index (χ1) is 56.2. The summed E-state index contributed by atoms with van der Waals surface area (Å²) >= 11 is 0. The number of rotatable bonds is 83. The van der Waals surface area contributed by atoms with Crippen molar-refractivity contribution in [3.8, 4) is 0 Å². The lowest BCUT2D eigenvalue weighted by Crippen LogP contribution is -2.30. The van der Waals surface area contributed by atoms with Gasteiger partial charge in [0.05, 0.1) is 26.4 Å². The molecular formula is C97H160O16P2. The van der Waals surface area contributed by atoms with E-state index in [0.29, 0.717) is 19.3 Å². The Morgan fingerprint density at radius 1 is 0.252 bits per heavy atom. The summed E-state index contributed by atoms with van der Waals surface area (Å²) in [5.74, 6) is -1.60. The number of hydrogen-bond acceptors (Lipinski definition) is 14. The summed E-state index contributed by atoms with van der Waals surface area (Å²) < 4.78 is 61.4. The van der Waals surface area contributed by atoms with E-state index < -0.39 is 91.5 Å². The molecule has 0 aliphatic heterocycles. The molecule has 0 aromatic carbocycles. The van der Waals surface area contributed by atoms with Crippen LogP contribution in [0.15, 0.2) is 194 Å². The number of carbonyl (C=O) groups excluding carboxylic acids is 3. The van der Waals surface area contributed by atoms with Crippen LogP contribution in [0.5, 0.6) is 0 Å². The number of aliphatic hydroxyl groups is 2. The van der Waals surface area contributed by atoms with Crippen LogP contribution in [-0.4, -0.2) is 95.9 Å². The SMILES string of the molecule is CC/C=C\C/C=C\C/C=C\C/C=C\C/C=C\C/C=C\CCCCCCCCCCCCC(=O)OCC(O)COP(=O)(O)OCC(O)COP(=O)(O)OCC(COC(=O)CCCCCCCCCC/C=C\C/C=C\C/C=C\C/C=C\C/C=C\C/C=C\CC)OC(=O)CCCCCCCCC/C=C\C/C=C\C/C=C\C/C=C\CCCCC. The summed E-state index contributed by atoms with van der Waals surface area (Å²) in [5.41, 5.74) is 0. The molecule has 0 saturated carbocycles. The minimum atomic E-state index is -4.95. The number of ether oxygens (including phenoxy) is 3. The van der Waals surface area contributed by atoms with E-state index in [4.69, 9.17) is 32.3 Å². The monoisotopic (exact) mass is 1640 g/mol. The van der Waals surface area contributed by atoms with Gasteiger partial charge in [0.1, 0.15) is 25.4 Å². The lowest BCUT2D eigenvalue weighted by Gasteiger charge is -2.21. The van der Waals surface area contributed by atoms with Crippen LogP contribution in [0.3, 0.4) is 0 Å². The van der Waals surface area contributed by atoms with Crippen molar-refractivity contribution in [3.05, 3.63) is 194 Å². The molecule has 5 atom stereocenters. The molecule has 18 heteroatoms. The van der Waals surface area contributed by atoms with E-state index in [1.54, 1.807) is 0 Å². The van der Waals surface area contributed by atoms with Gasteiger partial charge in [-0.2, -0.15) is 0 Å². The first-order valence-electron chi connectivity index (χ1n) is 44.7. The number of phosphoric ester groups is 2. The van der Waals surface area contributed by atoms with Crippen LogP contribution in [0.2, 0.25) is 0 Å². The molecule has 115 heavy (non-hydrogen) atoms. The second-order valence-electron chi connectivity index (χ2n) is 29.3. The molecule has 0 bridgehead atoms. The van der Waals surface area contributed by atoms with E-state index in [2.05, 4.69) is 215 Å². The fourth-order valence-electron chi connectivity index (χ4n) is 11.6. The fourth-order valence-corrected chi connectivity index (χ4v) is 13.1. The maximum atomic E-state index is 13.1. The van der Waals surface area contributed by atoms with Crippen molar-refractivity contribution < 1.29 is 75.8 Å². The molecule has 4 N–H and O–H groups in total. The van der Waals surface area contributed by atoms with Gasteiger partial charge in [0.25, 0.3) is 0 Å². The number of phosphoric acid groups is 2. The number of hydrogen-bond donors (Lipinski definition) is 4. The summed E-state index contributed by atoms with van der Waals surface area (Å²) in [6.45, 7) is 2.41. The van der Waals surface area contributed by atoms with Gasteiger partial charge < -0.3 is 34.2 Å². The smallest absolute Gasteiger partial charge is 0.463 e. The molecule has 0 heterocycles. The molecule has 0 aliphatic carbocycles. The van der Waals surface area contributed by atoms with E-state index in [1.807, 2.05) is 0 Å². The van der Waals surface area contributed by atoms with Crippen molar-refractivity contribution in [1.82, 2.24) is 0 Å². The van der Waals surface area contributed by atoms with Crippen molar-refractivity contribution in [1.29, 1.82) is 0 Å². The largest absolute Gasteiger partial charge is 0.472 e. The zero-order valence-electron chi connectivity index (χ0n) is 71.9. The Balaban J connectivity index is 4.69. The van der Waals surface area contributed by atoms with Gasteiger partial charge in [-0.3, -0.25) is 32.5 Å². The van der Waals surface area contributed by atoms with Gasteiger partial charge in [-0.1, -0.05) is 350 Å². The third-order valence-electron chi connectivity index (χ3n) is 18.3. The molecule has 0 amide bonds. The molecule has 654 valence electrons. The zero-order valence-corrected chi connectivity index (χ0v) is 73.7. The molecule has 0 rings (SSSR count). The Kier molecular flexibility index (Phi) is 83.4. The van der Waals surface area contributed by atoms with Crippen LogP contribution in [-0.2, 0) is 55.8 Å². The minimum Gasteiger partial charge on any atom is -0.463 e. The topological polar surface area (TPSA) is 231 Å². The highest BCUT2D eigenvalue weighted by atomic mass is 31.2. The molecule has 16 nitrogen and oxygen atoms in total. The standard InChI is InChI=1S/C97H160O16P2/c1-4-7-10-13-16-19-22-25-28-31-34-37-40-42-44-45-47-49-51-53-56-59-62-65-68-71-74-77-80-83-95(100)107-86-92(98)87-109-114(103,104)110-88-93(99)89-111-115(105,106)112-91-94(113-97(102)85-82-79-76-73-70-67-64-61-58-55-50-39-36-33-30-27-24-21-18-15-12-9-6-3)90-108-96(101)84-81-78-75-72-69-66-63-60-57-54-52-48-46-43-41-38-35-32-29-26-23-20-17-14-11-8-5-2/h7-8,10-11,16-21,25-30,34-39,42-44,46-47,49,52,54-55,58,92-94,98-99H,4-6,9,12-15,22-24,31-33,40-41,45,48,50-51,53,56-57,59-91H2,1-3H3,(H,103,104)(H,105,106)/b10-7-,11-8-,19-16-,20-17-,21-18-,28-25-,29-26-,30-27-,37-34-,38-35-,39-36-,44-42-,46-43-,49-47-,54-52-,58-55-. The molecule has 0 aromatic heterocycles. The quantitative estimate of drug-likeness (QED) is 0.0146. The van der Waals surface area contributed by atoms with E-state index in [1.165, 1.54) is 64.2 Å². The predicted molar refractivity (Wildman–Crippen MR) is 481 cm³/mol. The number of unbranched alkanes of at least 4 members (excludes halogenated alkanes) is 28. The third kappa shape index (κ3) is 89.0. The maximum Gasteiger partial charge on any atom is 0.472 e. The molecule has 5 unspecified atom stereocenters. The second-order valence-corrected chi connectivity index (χ2v) is 32.2.